The van der Waals surface area contributed by atoms with Gasteiger partial charge in [0.25, 0.3) is 0 Å². The summed E-state index contributed by atoms with van der Waals surface area (Å²) in [6.07, 6.45) is 9.42. The lowest BCUT2D eigenvalue weighted by Crippen LogP contribution is -2.48. The second-order valence-electron chi connectivity index (χ2n) is 8.44. The van der Waals surface area contributed by atoms with Crippen molar-refractivity contribution in [3.8, 4) is 0 Å². The highest BCUT2D eigenvalue weighted by Gasteiger charge is 2.28. The maximum absolute atomic E-state index is 11.7. The van der Waals surface area contributed by atoms with Crippen LogP contribution in [-0.2, 0) is 14.6 Å². The van der Waals surface area contributed by atoms with Crippen LogP contribution in [0.25, 0.3) is 0 Å². The van der Waals surface area contributed by atoms with Gasteiger partial charge in [0.1, 0.15) is 0 Å². The molecule has 0 aromatic heterocycles. The van der Waals surface area contributed by atoms with Crippen molar-refractivity contribution in [2.24, 2.45) is 16.8 Å². The Labute approximate surface area is 158 Å². The normalized spacial score (nSPS) is 35.2. The molecule has 1 saturated carbocycles. The minimum Gasteiger partial charge on any atom is -0.376 e. The molecule has 2 aliphatic heterocycles. The van der Waals surface area contributed by atoms with Crippen molar-refractivity contribution >= 4 is 15.8 Å². The maximum atomic E-state index is 11.7. The lowest BCUT2D eigenvalue weighted by molar-refractivity contribution is 0.0194. The molecule has 2 N–H and O–H groups in total. The van der Waals surface area contributed by atoms with Crippen molar-refractivity contribution in [3.05, 3.63) is 0 Å². The van der Waals surface area contributed by atoms with Gasteiger partial charge in [0.2, 0.25) is 0 Å². The van der Waals surface area contributed by atoms with Gasteiger partial charge in [-0.3, -0.25) is 4.99 Å². The molecule has 3 rings (SSSR count). The van der Waals surface area contributed by atoms with Gasteiger partial charge in [-0.1, -0.05) is 19.8 Å². The van der Waals surface area contributed by atoms with Crippen LogP contribution in [0.3, 0.4) is 0 Å². The second-order valence-corrected chi connectivity index (χ2v) is 10.7. The standard InChI is InChI=1S/C19H35N3O3S/c1-15-5-4-6-17(11-15)22-19(21-13-18-7-2-3-9-25-18)20-12-16-8-10-26(23,24)14-16/h15-18H,2-14H2,1H3,(H2,20,21,22). The number of rotatable bonds is 5. The van der Waals surface area contributed by atoms with Crippen molar-refractivity contribution in [2.75, 3.05) is 31.2 Å². The Morgan fingerprint density at radius 3 is 2.73 bits per heavy atom. The van der Waals surface area contributed by atoms with Crippen LogP contribution in [-0.4, -0.2) is 57.7 Å². The molecule has 0 aromatic carbocycles. The molecule has 150 valence electrons. The summed E-state index contributed by atoms with van der Waals surface area (Å²) in [7, 11) is -2.84. The van der Waals surface area contributed by atoms with Gasteiger partial charge in [0, 0.05) is 25.7 Å². The van der Waals surface area contributed by atoms with Crippen LogP contribution in [0.5, 0.6) is 0 Å². The van der Waals surface area contributed by atoms with Crippen molar-refractivity contribution in [1.82, 2.24) is 10.6 Å². The molecule has 2 heterocycles. The maximum Gasteiger partial charge on any atom is 0.191 e. The molecule has 1 aliphatic carbocycles. The third kappa shape index (κ3) is 6.41. The van der Waals surface area contributed by atoms with E-state index in [1.807, 2.05) is 0 Å². The molecule has 3 fully saturated rings. The topological polar surface area (TPSA) is 79.8 Å². The first-order valence-electron chi connectivity index (χ1n) is 10.4. The summed E-state index contributed by atoms with van der Waals surface area (Å²) < 4.78 is 29.2. The van der Waals surface area contributed by atoms with Gasteiger partial charge in [-0.15, -0.1) is 0 Å². The van der Waals surface area contributed by atoms with Crippen LogP contribution in [0.4, 0.5) is 0 Å². The van der Waals surface area contributed by atoms with Crippen LogP contribution in [0.15, 0.2) is 4.99 Å². The Bertz CT molecular complexity index is 573. The van der Waals surface area contributed by atoms with Crippen molar-refractivity contribution in [1.29, 1.82) is 0 Å². The first-order valence-corrected chi connectivity index (χ1v) is 12.2. The average molecular weight is 386 g/mol. The van der Waals surface area contributed by atoms with Crippen LogP contribution in [0.1, 0.15) is 58.3 Å². The predicted octanol–water partition coefficient (Wildman–Crippen LogP) is 2.10. The molecule has 0 radical (unpaired) electrons. The first kappa shape index (κ1) is 19.9. The van der Waals surface area contributed by atoms with E-state index in [1.165, 1.54) is 32.1 Å². The third-order valence-corrected chi connectivity index (χ3v) is 7.72. The van der Waals surface area contributed by atoms with E-state index < -0.39 is 9.84 Å². The monoisotopic (exact) mass is 385 g/mol. The summed E-state index contributed by atoms with van der Waals surface area (Å²) in [5, 5.41) is 7.07. The van der Waals surface area contributed by atoms with E-state index in [9.17, 15) is 8.42 Å². The van der Waals surface area contributed by atoms with E-state index >= 15 is 0 Å². The Morgan fingerprint density at radius 2 is 2.04 bits per heavy atom. The van der Waals surface area contributed by atoms with Crippen molar-refractivity contribution in [3.63, 3.8) is 0 Å². The number of hydrogen-bond donors (Lipinski definition) is 2. The van der Waals surface area contributed by atoms with Crippen LogP contribution >= 0.6 is 0 Å². The fraction of sp³-hybridized carbons (Fsp3) is 0.947. The predicted molar refractivity (Wildman–Crippen MR) is 105 cm³/mol. The first-order chi connectivity index (χ1) is 12.5. The summed E-state index contributed by atoms with van der Waals surface area (Å²) in [6, 6.07) is 0.463. The zero-order valence-corrected chi connectivity index (χ0v) is 16.9. The molecule has 0 bridgehead atoms. The summed E-state index contributed by atoms with van der Waals surface area (Å²) in [5.74, 6) is 2.36. The van der Waals surface area contributed by atoms with Gasteiger partial charge in [-0.05, 0) is 50.4 Å². The van der Waals surface area contributed by atoms with Gasteiger partial charge in [0.15, 0.2) is 15.8 Å². The molecule has 4 unspecified atom stereocenters. The van der Waals surface area contributed by atoms with E-state index in [-0.39, 0.29) is 17.8 Å². The minimum atomic E-state index is -2.84. The summed E-state index contributed by atoms with van der Waals surface area (Å²) >= 11 is 0. The summed E-state index contributed by atoms with van der Waals surface area (Å²) in [4.78, 5) is 4.75. The molecule has 7 heteroatoms. The lowest BCUT2D eigenvalue weighted by Gasteiger charge is -2.30. The van der Waals surface area contributed by atoms with Crippen LogP contribution in [0, 0.1) is 11.8 Å². The highest BCUT2D eigenvalue weighted by atomic mass is 32.2. The SMILES string of the molecule is CC1CCCC(NC(=NCC2CCS(=O)(=O)C2)NCC2CCCCO2)C1. The molecule has 4 atom stereocenters. The highest BCUT2D eigenvalue weighted by molar-refractivity contribution is 7.91. The molecule has 0 aromatic rings. The number of nitrogens with zero attached hydrogens (tertiary/aromatic N) is 1. The fourth-order valence-corrected chi connectivity index (χ4v) is 6.18. The number of ether oxygens (including phenoxy) is 1. The number of hydrogen-bond acceptors (Lipinski definition) is 4. The van der Waals surface area contributed by atoms with Gasteiger partial charge in [-0.25, -0.2) is 8.42 Å². The molecule has 2 saturated heterocycles. The van der Waals surface area contributed by atoms with E-state index in [0.29, 0.717) is 18.3 Å². The molecule has 3 aliphatic rings. The van der Waals surface area contributed by atoms with Gasteiger partial charge in [-0.2, -0.15) is 0 Å². The number of sulfone groups is 1. The van der Waals surface area contributed by atoms with Crippen molar-refractivity contribution in [2.45, 2.75) is 70.4 Å². The lowest BCUT2D eigenvalue weighted by atomic mass is 9.87. The highest BCUT2D eigenvalue weighted by Crippen LogP contribution is 2.23. The molecular weight excluding hydrogens is 350 g/mol. The molecule has 0 amide bonds. The van der Waals surface area contributed by atoms with Crippen molar-refractivity contribution < 1.29 is 13.2 Å². The van der Waals surface area contributed by atoms with Crippen LogP contribution in [0.2, 0.25) is 0 Å². The molecule has 0 spiro atoms. The fourth-order valence-electron chi connectivity index (χ4n) is 4.33. The third-order valence-electron chi connectivity index (χ3n) is 5.88. The summed E-state index contributed by atoms with van der Waals surface area (Å²) in [6.45, 7) is 4.53. The number of nitrogens with one attached hydrogen (secondary N) is 2. The quantitative estimate of drug-likeness (QED) is 0.560. The zero-order valence-electron chi connectivity index (χ0n) is 16.1. The van der Waals surface area contributed by atoms with E-state index in [4.69, 9.17) is 9.73 Å². The Kier molecular flexibility index (Phi) is 7.20. The molecular formula is C19H35N3O3S. The largest absolute Gasteiger partial charge is 0.376 e. The Balaban J connectivity index is 1.55. The minimum absolute atomic E-state index is 0.162. The van der Waals surface area contributed by atoms with Gasteiger partial charge >= 0.3 is 0 Å². The van der Waals surface area contributed by atoms with Crippen LogP contribution < -0.4 is 10.6 Å². The molecule has 6 nitrogen and oxygen atoms in total. The van der Waals surface area contributed by atoms with Gasteiger partial charge in [0.05, 0.1) is 17.6 Å². The van der Waals surface area contributed by atoms with E-state index in [0.717, 1.165) is 44.3 Å². The second kappa shape index (κ2) is 9.40. The van der Waals surface area contributed by atoms with E-state index in [1.54, 1.807) is 0 Å². The Hall–Kier alpha value is -0.820. The zero-order chi connectivity index (χ0) is 18.4. The summed E-state index contributed by atoms with van der Waals surface area (Å²) in [5.41, 5.74) is 0. The number of guanidine groups is 1. The average Bonchev–Trinajstić information content (AvgIpc) is 2.97. The Morgan fingerprint density at radius 1 is 1.15 bits per heavy atom. The molecule has 26 heavy (non-hydrogen) atoms. The number of aliphatic imine (C=N–C) groups is 1. The van der Waals surface area contributed by atoms with E-state index in [2.05, 4.69) is 17.6 Å². The van der Waals surface area contributed by atoms with Gasteiger partial charge < -0.3 is 15.4 Å². The smallest absolute Gasteiger partial charge is 0.191 e.